The van der Waals surface area contributed by atoms with Gasteiger partial charge in [0, 0.05) is 5.69 Å². The molecule has 0 unspecified atom stereocenters. The quantitative estimate of drug-likeness (QED) is 0.754. The van der Waals surface area contributed by atoms with Crippen LogP contribution in [0, 0.1) is 5.82 Å². The average molecular weight is 288 g/mol. The molecule has 0 aliphatic carbocycles. The number of hydrogen-bond donors (Lipinski definition) is 2. The van der Waals surface area contributed by atoms with E-state index in [4.69, 9.17) is 11.6 Å². The molecule has 4 nitrogen and oxygen atoms in total. The molecule has 106 valence electrons. The Morgan fingerprint density at radius 3 is 2.84 bits per heavy atom. The molecule has 0 fully saturated rings. The van der Waals surface area contributed by atoms with Crippen LogP contribution >= 0.6 is 11.6 Å². The van der Waals surface area contributed by atoms with Crippen LogP contribution in [0.25, 0.3) is 0 Å². The largest absolute Gasteiger partial charge is 0.325 e. The fourth-order valence-corrected chi connectivity index (χ4v) is 1.80. The van der Waals surface area contributed by atoms with Gasteiger partial charge >= 0.3 is 0 Å². The van der Waals surface area contributed by atoms with Crippen LogP contribution in [0.15, 0.2) is 18.2 Å². The summed E-state index contributed by atoms with van der Waals surface area (Å²) >= 11 is 5.64. The molecule has 0 saturated heterocycles. The van der Waals surface area contributed by atoms with Gasteiger partial charge in [-0.1, -0.05) is 11.6 Å². The van der Waals surface area contributed by atoms with Gasteiger partial charge in [-0.25, -0.2) is 4.39 Å². The molecule has 1 aromatic rings. The maximum atomic E-state index is 13.0. The number of likely N-dealkylation sites (N-methyl/N-ethyl adjacent to an activating group) is 1. The summed E-state index contributed by atoms with van der Waals surface area (Å²) in [5, 5.41) is 5.73. The smallest absolute Gasteiger partial charge is 0.238 e. The van der Waals surface area contributed by atoms with Gasteiger partial charge in [0.05, 0.1) is 11.6 Å². The van der Waals surface area contributed by atoms with Gasteiger partial charge in [-0.2, -0.15) is 0 Å². The number of hydrogen-bond acceptors (Lipinski definition) is 3. The molecule has 0 bridgehead atoms. The lowest BCUT2D eigenvalue weighted by molar-refractivity contribution is -0.117. The van der Waals surface area contributed by atoms with Crippen molar-refractivity contribution in [3.05, 3.63) is 29.0 Å². The Morgan fingerprint density at radius 2 is 2.21 bits per heavy atom. The number of nitrogens with one attached hydrogen (secondary N) is 2. The Labute approximate surface area is 117 Å². The monoisotopic (exact) mass is 287 g/mol. The van der Waals surface area contributed by atoms with E-state index in [1.807, 2.05) is 19.0 Å². The van der Waals surface area contributed by atoms with E-state index in [9.17, 15) is 9.18 Å². The van der Waals surface area contributed by atoms with Crippen molar-refractivity contribution in [1.82, 2.24) is 10.2 Å². The maximum absolute atomic E-state index is 13.0. The lowest BCUT2D eigenvalue weighted by Gasteiger charge is -2.16. The number of amides is 1. The second kappa shape index (κ2) is 8.09. The first-order valence-electron chi connectivity index (χ1n) is 6.11. The molecule has 0 spiro atoms. The van der Waals surface area contributed by atoms with Gasteiger partial charge in [0.1, 0.15) is 5.82 Å². The summed E-state index contributed by atoms with van der Waals surface area (Å²) < 4.78 is 13.0. The molecule has 0 aliphatic heterocycles. The summed E-state index contributed by atoms with van der Waals surface area (Å²) in [6.45, 7) is 2.04. The van der Waals surface area contributed by atoms with Crippen molar-refractivity contribution in [3.63, 3.8) is 0 Å². The summed E-state index contributed by atoms with van der Waals surface area (Å²) in [6.07, 6.45) is 0.975. The van der Waals surface area contributed by atoms with Crippen molar-refractivity contribution in [2.75, 3.05) is 39.0 Å². The molecule has 2 N–H and O–H groups in total. The lowest BCUT2D eigenvalue weighted by Crippen LogP contribution is -2.31. The minimum Gasteiger partial charge on any atom is -0.325 e. The zero-order valence-corrected chi connectivity index (χ0v) is 11.9. The molecule has 1 aromatic carbocycles. The zero-order valence-electron chi connectivity index (χ0n) is 11.2. The van der Waals surface area contributed by atoms with E-state index < -0.39 is 5.82 Å². The molecule has 0 atom stereocenters. The van der Waals surface area contributed by atoms with Gasteiger partial charge in [-0.05, 0) is 51.8 Å². The van der Waals surface area contributed by atoms with Crippen molar-refractivity contribution in [2.45, 2.75) is 6.42 Å². The number of carbonyl (C=O) groups excluding carboxylic acids is 1. The van der Waals surface area contributed by atoms with Crippen LogP contribution in [0.2, 0.25) is 5.02 Å². The summed E-state index contributed by atoms with van der Waals surface area (Å²) in [5.74, 6) is -0.640. The van der Waals surface area contributed by atoms with Gasteiger partial charge in [0.25, 0.3) is 0 Å². The molecular weight excluding hydrogens is 269 g/mol. The third kappa shape index (κ3) is 6.00. The van der Waals surface area contributed by atoms with Gasteiger partial charge in [-0.15, -0.1) is 0 Å². The fourth-order valence-electron chi connectivity index (χ4n) is 1.62. The molecule has 0 saturated carbocycles. The van der Waals surface area contributed by atoms with E-state index in [1.165, 1.54) is 18.2 Å². The number of rotatable bonds is 7. The third-order valence-electron chi connectivity index (χ3n) is 2.58. The van der Waals surface area contributed by atoms with Crippen LogP contribution in [0.1, 0.15) is 6.42 Å². The van der Waals surface area contributed by atoms with Crippen LogP contribution in [-0.4, -0.2) is 44.5 Å². The second-order valence-corrected chi connectivity index (χ2v) is 4.78. The highest BCUT2D eigenvalue weighted by molar-refractivity contribution is 6.31. The number of carbonyl (C=O) groups is 1. The predicted octanol–water partition coefficient (Wildman–Crippen LogP) is 1.96. The molecule has 19 heavy (non-hydrogen) atoms. The number of nitrogens with zero attached hydrogens (tertiary/aromatic N) is 1. The summed E-state index contributed by atoms with van der Waals surface area (Å²) in [4.78, 5) is 13.7. The lowest BCUT2D eigenvalue weighted by atomic mass is 10.3. The van der Waals surface area contributed by atoms with Crippen molar-refractivity contribution >= 4 is 23.2 Å². The SMILES string of the molecule is CNCCCN(C)CC(=O)Nc1ccc(F)c(Cl)c1. The highest BCUT2D eigenvalue weighted by Gasteiger charge is 2.08. The van der Waals surface area contributed by atoms with Gasteiger partial charge < -0.3 is 10.6 Å². The standard InChI is InChI=1S/C13H19ClFN3O/c1-16-6-3-7-18(2)9-13(19)17-10-4-5-12(15)11(14)8-10/h4-5,8,16H,3,6-7,9H2,1-2H3,(H,17,19). The molecule has 0 aromatic heterocycles. The first kappa shape index (κ1) is 15.9. The van der Waals surface area contributed by atoms with Crippen LogP contribution in [0.4, 0.5) is 10.1 Å². The van der Waals surface area contributed by atoms with Gasteiger partial charge in [-0.3, -0.25) is 9.69 Å². The Hall–Kier alpha value is -1.17. The van der Waals surface area contributed by atoms with E-state index >= 15 is 0 Å². The molecule has 0 heterocycles. The molecular formula is C13H19ClFN3O. The number of benzene rings is 1. The van der Waals surface area contributed by atoms with E-state index in [-0.39, 0.29) is 10.9 Å². The number of halogens is 2. The third-order valence-corrected chi connectivity index (χ3v) is 2.87. The second-order valence-electron chi connectivity index (χ2n) is 4.37. The maximum Gasteiger partial charge on any atom is 0.238 e. The van der Waals surface area contributed by atoms with E-state index in [0.29, 0.717) is 12.2 Å². The molecule has 0 radical (unpaired) electrons. The first-order chi connectivity index (χ1) is 9.02. The molecule has 6 heteroatoms. The van der Waals surface area contributed by atoms with Crippen LogP contribution < -0.4 is 10.6 Å². The Kier molecular flexibility index (Phi) is 6.77. The van der Waals surface area contributed by atoms with E-state index in [0.717, 1.165) is 19.5 Å². The molecule has 1 amide bonds. The number of anilines is 1. The minimum atomic E-state index is -0.496. The Morgan fingerprint density at radius 1 is 1.47 bits per heavy atom. The summed E-state index contributed by atoms with van der Waals surface area (Å²) in [5.41, 5.74) is 0.500. The van der Waals surface area contributed by atoms with Crippen LogP contribution in [0.5, 0.6) is 0 Å². The summed E-state index contributed by atoms with van der Waals surface area (Å²) in [7, 11) is 3.78. The first-order valence-corrected chi connectivity index (χ1v) is 6.48. The zero-order chi connectivity index (χ0) is 14.3. The minimum absolute atomic E-state index is 0.000162. The van der Waals surface area contributed by atoms with Crippen LogP contribution in [0.3, 0.4) is 0 Å². The van der Waals surface area contributed by atoms with Gasteiger partial charge in [0.15, 0.2) is 0 Å². The predicted molar refractivity (Wildman–Crippen MR) is 76.1 cm³/mol. The summed E-state index contributed by atoms with van der Waals surface area (Å²) in [6, 6.07) is 4.12. The fraction of sp³-hybridized carbons (Fsp3) is 0.462. The Balaban J connectivity index is 2.39. The van der Waals surface area contributed by atoms with Crippen molar-refractivity contribution in [1.29, 1.82) is 0 Å². The molecule has 1 rings (SSSR count). The van der Waals surface area contributed by atoms with E-state index in [2.05, 4.69) is 10.6 Å². The highest BCUT2D eigenvalue weighted by atomic mass is 35.5. The van der Waals surface area contributed by atoms with Gasteiger partial charge in [0.2, 0.25) is 5.91 Å². The van der Waals surface area contributed by atoms with Crippen molar-refractivity contribution in [3.8, 4) is 0 Å². The molecule has 0 aliphatic rings. The average Bonchev–Trinajstić information content (AvgIpc) is 2.34. The van der Waals surface area contributed by atoms with Crippen molar-refractivity contribution < 1.29 is 9.18 Å². The topological polar surface area (TPSA) is 44.4 Å². The van der Waals surface area contributed by atoms with Crippen LogP contribution in [-0.2, 0) is 4.79 Å². The highest BCUT2D eigenvalue weighted by Crippen LogP contribution is 2.19. The normalized spacial score (nSPS) is 10.8. The van der Waals surface area contributed by atoms with E-state index in [1.54, 1.807) is 0 Å². The van der Waals surface area contributed by atoms with Crippen molar-refractivity contribution in [2.24, 2.45) is 0 Å². The Bertz CT molecular complexity index is 428.